The molecule has 0 amide bonds. The summed E-state index contributed by atoms with van der Waals surface area (Å²) in [6, 6.07) is 9.41. The minimum Gasteiger partial charge on any atom is -0.504 e. The largest absolute Gasteiger partial charge is 0.504 e. The highest BCUT2D eigenvalue weighted by Gasteiger charge is 2.09. The van der Waals surface area contributed by atoms with E-state index >= 15 is 0 Å². The lowest BCUT2D eigenvalue weighted by Gasteiger charge is -2.10. The van der Waals surface area contributed by atoms with E-state index in [0.717, 1.165) is 5.56 Å². The molecular formula is C17H19FO3. The van der Waals surface area contributed by atoms with Gasteiger partial charge in [0.05, 0.1) is 5.56 Å². The van der Waals surface area contributed by atoms with Crippen molar-refractivity contribution in [1.82, 2.24) is 0 Å². The van der Waals surface area contributed by atoms with Gasteiger partial charge in [0, 0.05) is 5.56 Å². The molecule has 0 bridgehead atoms. The number of hydrogen-bond donors (Lipinski definition) is 1. The molecule has 0 fully saturated rings. The van der Waals surface area contributed by atoms with Gasteiger partial charge in [-0.15, -0.1) is 0 Å². The molecule has 0 aromatic heterocycles. The number of ether oxygens (including phenoxy) is 1. The summed E-state index contributed by atoms with van der Waals surface area (Å²) in [6.45, 7) is 5.79. The SMILES string of the molecule is CC.Cc1ccc(COc2cccc(C=O)c2O)c(F)c1. The first-order valence-corrected chi connectivity index (χ1v) is 6.77. The number of benzene rings is 2. The molecule has 3 nitrogen and oxygen atoms in total. The standard InChI is InChI=1S/C15H13FO3.C2H6/c1-10-5-6-12(13(16)7-10)9-19-14-4-2-3-11(8-17)15(14)18;1-2/h2-8,18H,9H2,1H3;1-2H3. The van der Waals surface area contributed by atoms with Crippen LogP contribution < -0.4 is 4.74 Å². The van der Waals surface area contributed by atoms with Gasteiger partial charge >= 0.3 is 0 Å². The second kappa shape index (κ2) is 8.04. The minimum atomic E-state index is -0.356. The number of aromatic hydroxyl groups is 1. The maximum Gasteiger partial charge on any atom is 0.168 e. The minimum absolute atomic E-state index is 0.0119. The Morgan fingerprint density at radius 1 is 1.24 bits per heavy atom. The van der Waals surface area contributed by atoms with Gasteiger partial charge in [-0.05, 0) is 30.7 Å². The summed E-state index contributed by atoms with van der Waals surface area (Å²) in [5, 5.41) is 9.73. The van der Waals surface area contributed by atoms with E-state index in [4.69, 9.17) is 4.74 Å². The Morgan fingerprint density at radius 2 is 1.95 bits per heavy atom. The fourth-order valence-corrected chi connectivity index (χ4v) is 1.68. The van der Waals surface area contributed by atoms with Crippen LogP contribution in [0.4, 0.5) is 4.39 Å². The molecule has 112 valence electrons. The summed E-state index contributed by atoms with van der Waals surface area (Å²) >= 11 is 0. The molecule has 0 aliphatic carbocycles. The second-order valence-electron chi connectivity index (χ2n) is 4.20. The summed E-state index contributed by atoms with van der Waals surface area (Å²) < 4.78 is 18.9. The number of aldehydes is 1. The van der Waals surface area contributed by atoms with Crippen LogP contribution in [0.3, 0.4) is 0 Å². The van der Waals surface area contributed by atoms with Crippen molar-refractivity contribution >= 4 is 6.29 Å². The highest BCUT2D eigenvalue weighted by atomic mass is 19.1. The van der Waals surface area contributed by atoms with Crippen LogP contribution in [0.2, 0.25) is 0 Å². The zero-order valence-electron chi connectivity index (χ0n) is 12.4. The van der Waals surface area contributed by atoms with Gasteiger partial charge in [0.2, 0.25) is 0 Å². The summed E-state index contributed by atoms with van der Waals surface area (Å²) in [4.78, 5) is 10.7. The molecule has 21 heavy (non-hydrogen) atoms. The van der Waals surface area contributed by atoms with Crippen LogP contribution in [0.1, 0.15) is 35.3 Å². The summed E-state index contributed by atoms with van der Waals surface area (Å²) in [6.07, 6.45) is 0.536. The van der Waals surface area contributed by atoms with Crippen molar-refractivity contribution in [2.45, 2.75) is 27.4 Å². The number of para-hydroxylation sites is 1. The van der Waals surface area contributed by atoms with Gasteiger partial charge < -0.3 is 9.84 Å². The van der Waals surface area contributed by atoms with Crippen molar-refractivity contribution in [3.05, 3.63) is 58.9 Å². The van der Waals surface area contributed by atoms with E-state index in [0.29, 0.717) is 11.8 Å². The number of rotatable bonds is 4. The van der Waals surface area contributed by atoms with Crippen molar-refractivity contribution in [3.63, 3.8) is 0 Å². The Morgan fingerprint density at radius 3 is 2.57 bits per heavy atom. The quantitative estimate of drug-likeness (QED) is 0.856. The molecule has 1 N–H and O–H groups in total. The number of hydrogen-bond acceptors (Lipinski definition) is 3. The molecule has 0 aliphatic rings. The first kappa shape index (κ1) is 16.7. The molecule has 0 saturated heterocycles. The maximum absolute atomic E-state index is 13.6. The Balaban J connectivity index is 0.00000106. The second-order valence-corrected chi connectivity index (χ2v) is 4.20. The average Bonchev–Trinajstić information content (AvgIpc) is 2.50. The molecule has 4 heteroatoms. The van der Waals surface area contributed by atoms with Gasteiger partial charge in [-0.2, -0.15) is 0 Å². The van der Waals surface area contributed by atoms with E-state index in [1.165, 1.54) is 18.2 Å². The van der Waals surface area contributed by atoms with E-state index in [2.05, 4.69) is 0 Å². The zero-order valence-corrected chi connectivity index (χ0v) is 12.4. The molecule has 2 aromatic rings. The first-order valence-electron chi connectivity index (χ1n) is 6.77. The van der Waals surface area contributed by atoms with E-state index in [1.807, 2.05) is 13.8 Å². The van der Waals surface area contributed by atoms with Crippen LogP contribution >= 0.6 is 0 Å². The molecule has 0 unspecified atom stereocenters. The van der Waals surface area contributed by atoms with Gasteiger partial charge in [-0.1, -0.05) is 32.0 Å². The Hall–Kier alpha value is -2.36. The molecule has 0 spiro atoms. The van der Waals surface area contributed by atoms with Gasteiger partial charge in [-0.3, -0.25) is 4.79 Å². The maximum atomic E-state index is 13.6. The van der Waals surface area contributed by atoms with Gasteiger partial charge in [0.1, 0.15) is 12.4 Å². The Bertz CT molecular complexity index is 609. The predicted molar refractivity (Wildman–Crippen MR) is 80.3 cm³/mol. The first-order chi connectivity index (χ1) is 10.1. The van der Waals surface area contributed by atoms with Crippen molar-refractivity contribution in [1.29, 1.82) is 0 Å². The third-order valence-electron chi connectivity index (χ3n) is 2.75. The van der Waals surface area contributed by atoms with Crippen LogP contribution in [-0.2, 0) is 6.61 Å². The van der Waals surface area contributed by atoms with E-state index < -0.39 is 0 Å². The summed E-state index contributed by atoms with van der Waals surface area (Å²) in [7, 11) is 0. The van der Waals surface area contributed by atoms with Crippen LogP contribution in [0, 0.1) is 12.7 Å². The van der Waals surface area contributed by atoms with Crippen LogP contribution in [0.15, 0.2) is 36.4 Å². The smallest absolute Gasteiger partial charge is 0.168 e. The Kier molecular flexibility index (Phi) is 6.40. The Labute approximate surface area is 124 Å². The number of carbonyl (C=O) groups excluding carboxylic acids is 1. The highest BCUT2D eigenvalue weighted by molar-refractivity contribution is 5.80. The van der Waals surface area contributed by atoms with Gasteiger partial charge in [0.15, 0.2) is 17.8 Å². The lowest BCUT2D eigenvalue weighted by molar-refractivity contribution is 0.112. The van der Waals surface area contributed by atoms with E-state index in [-0.39, 0.29) is 29.5 Å². The fourth-order valence-electron chi connectivity index (χ4n) is 1.68. The van der Waals surface area contributed by atoms with Crippen molar-refractivity contribution in [2.24, 2.45) is 0 Å². The topological polar surface area (TPSA) is 46.5 Å². The fraction of sp³-hybridized carbons (Fsp3) is 0.235. The lowest BCUT2D eigenvalue weighted by Crippen LogP contribution is -1.99. The molecule has 0 atom stereocenters. The molecular weight excluding hydrogens is 271 g/mol. The van der Waals surface area contributed by atoms with Crippen LogP contribution in [-0.4, -0.2) is 11.4 Å². The average molecular weight is 290 g/mol. The lowest BCUT2D eigenvalue weighted by atomic mass is 10.1. The number of phenols is 1. The summed E-state index contributed by atoms with van der Waals surface area (Å²) in [5.74, 6) is -0.430. The third-order valence-corrected chi connectivity index (χ3v) is 2.75. The number of halogens is 1. The number of carbonyl (C=O) groups is 1. The summed E-state index contributed by atoms with van der Waals surface area (Å²) in [5.41, 5.74) is 1.36. The molecule has 2 aromatic carbocycles. The van der Waals surface area contributed by atoms with Gasteiger partial charge in [0.25, 0.3) is 0 Å². The third kappa shape index (κ3) is 4.31. The molecule has 0 aliphatic heterocycles. The zero-order chi connectivity index (χ0) is 15.8. The van der Waals surface area contributed by atoms with Gasteiger partial charge in [-0.25, -0.2) is 4.39 Å². The highest BCUT2D eigenvalue weighted by Crippen LogP contribution is 2.29. The van der Waals surface area contributed by atoms with E-state index in [1.54, 1.807) is 25.1 Å². The molecule has 0 saturated carbocycles. The predicted octanol–water partition coefficient (Wildman–Crippen LogP) is 4.26. The van der Waals surface area contributed by atoms with E-state index in [9.17, 15) is 14.3 Å². The number of phenolic OH excluding ortho intramolecular Hbond substituents is 1. The van der Waals surface area contributed by atoms with Crippen molar-refractivity contribution in [2.75, 3.05) is 0 Å². The molecule has 0 heterocycles. The van der Waals surface area contributed by atoms with Crippen LogP contribution in [0.5, 0.6) is 11.5 Å². The molecule has 0 radical (unpaired) electrons. The van der Waals surface area contributed by atoms with Crippen molar-refractivity contribution in [3.8, 4) is 11.5 Å². The van der Waals surface area contributed by atoms with Crippen molar-refractivity contribution < 1.29 is 19.0 Å². The normalized spacial score (nSPS) is 9.52. The molecule has 2 rings (SSSR count). The monoisotopic (exact) mass is 290 g/mol. The van der Waals surface area contributed by atoms with Crippen LogP contribution in [0.25, 0.3) is 0 Å². The number of aryl methyl sites for hydroxylation is 1.